The molecule has 1 aliphatic heterocycles. The molecule has 0 aliphatic carbocycles. The van der Waals surface area contributed by atoms with Crippen molar-refractivity contribution in [2.45, 2.75) is 25.8 Å². The van der Waals surface area contributed by atoms with Crippen molar-refractivity contribution in [3.05, 3.63) is 54.0 Å². The van der Waals surface area contributed by atoms with Crippen molar-refractivity contribution in [1.29, 1.82) is 0 Å². The van der Waals surface area contributed by atoms with E-state index in [4.69, 9.17) is 0 Å². The minimum absolute atomic E-state index is 0.606. The summed E-state index contributed by atoms with van der Waals surface area (Å²) in [4.78, 5) is 11.4. The van der Waals surface area contributed by atoms with Crippen molar-refractivity contribution in [2.24, 2.45) is 0 Å². The Hall–Kier alpha value is -1.94. The maximum Gasteiger partial charge on any atom is 0.147 e. The molecule has 110 valence electrons. The van der Waals surface area contributed by atoms with E-state index in [1.54, 1.807) is 0 Å². The number of hydrogen-bond acceptors (Lipinski definition) is 4. The first-order valence-electron chi connectivity index (χ1n) is 7.68. The second-order valence-corrected chi connectivity index (χ2v) is 5.49. The molecule has 3 rings (SSSR count). The van der Waals surface area contributed by atoms with Gasteiger partial charge in [-0.25, -0.2) is 4.98 Å². The first-order chi connectivity index (χ1) is 10.4. The minimum Gasteiger partial charge on any atom is -0.355 e. The highest BCUT2D eigenvalue weighted by Crippen LogP contribution is 2.29. The molecular weight excluding hydrogens is 260 g/mol. The SMILES string of the molecule is CCNCc1cnc(N2CCC(c3ccccc3)C2)cn1. The van der Waals surface area contributed by atoms with Gasteiger partial charge in [0.25, 0.3) is 0 Å². The predicted octanol–water partition coefficient (Wildman–Crippen LogP) is 2.58. The zero-order valence-corrected chi connectivity index (χ0v) is 12.5. The van der Waals surface area contributed by atoms with Crippen molar-refractivity contribution >= 4 is 5.82 Å². The molecule has 2 aromatic rings. The van der Waals surface area contributed by atoms with Crippen LogP contribution in [0.1, 0.15) is 30.5 Å². The fourth-order valence-electron chi connectivity index (χ4n) is 2.82. The van der Waals surface area contributed by atoms with Crippen molar-refractivity contribution in [1.82, 2.24) is 15.3 Å². The monoisotopic (exact) mass is 282 g/mol. The van der Waals surface area contributed by atoms with Gasteiger partial charge < -0.3 is 10.2 Å². The van der Waals surface area contributed by atoms with E-state index in [0.29, 0.717) is 5.92 Å². The van der Waals surface area contributed by atoms with Gasteiger partial charge in [0.1, 0.15) is 5.82 Å². The molecule has 1 aliphatic rings. The fraction of sp³-hybridized carbons (Fsp3) is 0.412. The van der Waals surface area contributed by atoms with E-state index in [-0.39, 0.29) is 0 Å². The average Bonchev–Trinajstić information content (AvgIpc) is 3.04. The van der Waals surface area contributed by atoms with E-state index in [1.807, 2.05) is 12.4 Å². The van der Waals surface area contributed by atoms with Crippen LogP contribution in [0, 0.1) is 0 Å². The van der Waals surface area contributed by atoms with Crippen LogP contribution in [0.4, 0.5) is 5.82 Å². The van der Waals surface area contributed by atoms with Gasteiger partial charge in [0.2, 0.25) is 0 Å². The summed E-state index contributed by atoms with van der Waals surface area (Å²) in [5.74, 6) is 1.60. The normalized spacial score (nSPS) is 18.1. The molecule has 0 saturated carbocycles. The number of anilines is 1. The number of benzene rings is 1. The number of hydrogen-bond donors (Lipinski definition) is 1. The third kappa shape index (κ3) is 3.39. The minimum atomic E-state index is 0.606. The summed E-state index contributed by atoms with van der Waals surface area (Å²) in [5, 5.41) is 3.27. The second-order valence-electron chi connectivity index (χ2n) is 5.49. The Labute approximate surface area is 126 Å². The van der Waals surface area contributed by atoms with Crippen LogP contribution in [0.3, 0.4) is 0 Å². The molecule has 1 unspecified atom stereocenters. The summed E-state index contributed by atoms with van der Waals surface area (Å²) >= 11 is 0. The smallest absolute Gasteiger partial charge is 0.147 e. The van der Waals surface area contributed by atoms with E-state index in [9.17, 15) is 0 Å². The summed E-state index contributed by atoms with van der Waals surface area (Å²) in [6.07, 6.45) is 4.97. The number of aromatic nitrogens is 2. The lowest BCUT2D eigenvalue weighted by Gasteiger charge is -2.17. The lowest BCUT2D eigenvalue weighted by molar-refractivity contribution is 0.706. The Kier molecular flexibility index (Phi) is 4.46. The standard InChI is InChI=1S/C17H22N4/c1-2-18-10-16-11-20-17(12-19-16)21-9-8-15(13-21)14-6-4-3-5-7-14/h3-7,11-12,15,18H,2,8-10,13H2,1H3. The van der Waals surface area contributed by atoms with Crippen LogP contribution in [0.25, 0.3) is 0 Å². The first kappa shape index (κ1) is 14.0. The summed E-state index contributed by atoms with van der Waals surface area (Å²) in [5.41, 5.74) is 2.43. The van der Waals surface area contributed by atoms with Crippen molar-refractivity contribution < 1.29 is 0 Å². The molecule has 21 heavy (non-hydrogen) atoms. The third-order valence-corrected chi connectivity index (χ3v) is 4.03. The molecule has 1 saturated heterocycles. The highest BCUT2D eigenvalue weighted by Gasteiger charge is 2.24. The lowest BCUT2D eigenvalue weighted by atomic mass is 9.99. The maximum absolute atomic E-state index is 4.57. The van der Waals surface area contributed by atoms with Gasteiger partial charge in [-0.1, -0.05) is 37.3 Å². The maximum atomic E-state index is 4.57. The zero-order chi connectivity index (χ0) is 14.5. The van der Waals surface area contributed by atoms with Gasteiger partial charge in [-0.05, 0) is 18.5 Å². The van der Waals surface area contributed by atoms with Gasteiger partial charge in [0, 0.05) is 25.6 Å². The van der Waals surface area contributed by atoms with Gasteiger partial charge in [0.05, 0.1) is 18.1 Å². The van der Waals surface area contributed by atoms with Gasteiger partial charge in [-0.3, -0.25) is 4.98 Å². The molecule has 4 heteroatoms. The Morgan fingerprint density at radius 3 is 2.76 bits per heavy atom. The molecule has 0 bridgehead atoms. The molecule has 1 atom stereocenters. The molecular formula is C17H22N4. The van der Waals surface area contributed by atoms with Crippen LogP contribution >= 0.6 is 0 Å². The molecule has 4 nitrogen and oxygen atoms in total. The first-order valence-corrected chi connectivity index (χ1v) is 7.68. The number of nitrogens with zero attached hydrogens (tertiary/aromatic N) is 3. The van der Waals surface area contributed by atoms with E-state index >= 15 is 0 Å². The Morgan fingerprint density at radius 1 is 1.19 bits per heavy atom. The van der Waals surface area contributed by atoms with E-state index in [1.165, 1.54) is 12.0 Å². The van der Waals surface area contributed by atoms with Gasteiger partial charge >= 0.3 is 0 Å². The molecule has 0 amide bonds. The van der Waals surface area contributed by atoms with Crippen molar-refractivity contribution in [3.63, 3.8) is 0 Å². The van der Waals surface area contributed by atoms with Crippen LogP contribution < -0.4 is 10.2 Å². The number of rotatable bonds is 5. The topological polar surface area (TPSA) is 41.1 Å². The lowest BCUT2D eigenvalue weighted by Crippen LogP contribution is -2.21. The summed E-state index contributed by atoms with van der Waals surface area (Å²) in [6, 6.07) is 10.8. The largest absolute Gasteiger partial charge is 0.355 e. The van der Waals surface area contributed by atoms with Crippen LogP contribution in [-0.4, -0.2) is 29.6 Å². The quantitative estimate of drug-likeness (QED) is 0.915. The van der Waals surface area contributed by atoms with Crippen molar-refractivity contribution in [2.75, 3.05) is 24.5 Å². The van der Waals surface area contributed by atoms with E-state index in [0.717, 1.165) is 37.7 Å². The van der Waals surface area contributed by atoms with Crippen LogP contribution in [0.15, 0.2) is 42.7 Å². The zero-order valence-electron chi connectivity index (χ0n) is 12.5. The van der Waals surface area contributed by atoms with Crippen LogP contribution in [0.5, 0.6) is 0 Å². The Morgan fingerprint density at radius 2 is 2.05 bits per heavy atom. The molecule has 1 fully saturated rings. The highest BCUT2D eigenvalue weighted by molar-refractivity contribution is 5.39. The third-order valence-electron chi connectivity index (χ3n) is 4.03. The second kappa shape index (κ2) is 6.68. The Balaban J connectivity index is 1.63. The molecule has 1 N–H and O–H groups in total. The average molecular weight is 282 g/mol. The van der Waals surface area contributed by atoms with Gasteiger partial charge in [-0.2, -0.15) is 0 Å². The predicted molar refractivity (Wildman–Crippen MR) is 85.4 cm³/mol. The molecule has 0 spiro atoms. The summed E-state index contributed by atoms with van der Waals surface area (Å²) < 4.78 is 0. The molecule has 0 radical (unpaired) electrons. The molecule has 2 heterocycles. The number of nitrogens with one attached hydrogen (secondary N) is 1. The molecule has 1 aromatic carbocycles. The van der Waals surface area contributed by atoms with Gasteiger partial charge in [0.15, 0.2) is 0 Å². The summed E-state index contributed by atoms with van der Waals surface area (Å²) in [6.45, 7) is 5.92. The molecule has 1 aromatic heterocycles. The van der Waals surface area contributed by atoms with E-state index in [2.05, 4.69) is 57.4 Å². The van der Waals surface area contributed by atoms with Gasteiger partial charge in [-0.15, -0.1) is 0 Å². The Bertz CT molecular complexity index is 553. The van der Waals surface area contributed by atoms with Crippen molar-refractivity contribution in [3.8, 4) is 0 Å². The van der Waals surface area contributed by atoms with E-state index < -0.39 is 0 Å². The van der Waals surface area contributed by atoms with Crippen LogP contribution in [0.2, 0.25) is 0 Å². The fourth-order valence-corrected chi connectivity index (χ4v) is 2.82. The summed E-state index contributed by atoms with van der Waals surface area (Å²) in [7, 11) is 0. The highest BCUT2D eigenvalue weighted by atomic mass is 15.2. The van der Waals surface area contributed by atoms with Crippen LogP contribution in [-0.2, 0) is 6.54 Å².